The van der Waals surface area contributed by atoms with E-state index in [1.807, 2.05) is 0 Å². The van der Waals surface area contributed by atoms with Crippen LogP contribution in [-0.4, -0.2) is 28.8 Å². The zero-order valence-corrected chi connectivity index (χ0v) is 16.0. The van der Waals surface area contributed by atoms with Crippen LogP contribution in [0.5, 0.6) is 0 Å². The van der Waals surface area contributed by atoms with Gasteiger partial charge in [-0.2, -0.15) is 0 Å². The lowest BCUT2D eigenvalue weighted by Gasteiger charge is -2.07. The highest BCUT2D eigenvalue weighted by Crippen LogP contribution is 2.13. The minimum absolute atomic E-state index is 0.173. The van der Waals surface area contributed by atoms with E-state index < -0.39 is 0 Å². The van der Waals surface area contributed by atoms with Gasteiger partial charge in [0.1, 0.15) is 0 Å². The number of unbranched alkanes of at least 4 members (excludes halogenated alkanes) is 12. The van der Waals surface area contributed by atoms with Crippen molar-refractivity contribution in [3.05, 3.63) is 0 Å². The van der Waals surface area contributed by atoms with Crippen LogP contribution >= 0.6 is 12.6 Å². The molecule has 0 aliphatic carbocycles. The molecule has 1 N–H and O–H groups in total. The van der Waals surface area contributed by atoms with Gasteiger partial charge >= 0.3 is 0 Å². The Labute approximate surface area is 148 Å². The molecule has 0 aliphatic rings. The van der Waals surface area contributed by atoms with Gasteiger partial charge in [-0.1, -0.05) is 84.0 Å². The van der Waals surface area contributed by atoms with Crippen LogP contribution in [0.2, 0.25) is 0 Å². The molecule has 0 atom stereocenters. The van der Waals surface area contributed by atoms with E-state index in [9.17, 15) is 4.79 Å². The Balaban J connectivity index is 0. The molecule has 0 bridgehead atoms. The molecule has 0 fully saturated rings. The molecule has 23 heavy (non-hydrogen) atoms. The Morgan fingerprint density at radius 3 is 1.48 bits per heavy atom. The molecule has 0 aromatic heterocycles. The van der Waals surface area contributed by atoms with Gasteiger partial charge in [0.25, 0.3) is 0 Å². The molecule has 0 aromatic rings. The molecule has 0 heterocycles. The second-order valence-electron chi connectivity index (χ2n) is 6.02. The maximum Gasteiger partial charge on any atom is 0.245 e. The molecule has 0 aromatic carbocycles. The summed E-state index contributed by atoms with van der Waals surface area (Å²) in [5.41, 5.74) is 0.444. The second-order valence-corrected chi connectivity index (χ2v) is 6.23. The van der Waals surface area contributed by atoms with Crippen molar-refractivity contribution in [3.8, 4) is 0 Å². The number of rotatable bonds is 14. The molecule has 1 amide bonds. The fourth-order valence-electron chi connectivity index (χ4n) is 2.46. The van der Waals surface area contributed by atoms with E-state index in [2.05, 4.69) is 19.6 Å². The lowest BCUT2D eigenvalue weighted by molar-refractivity contribution is -0.159. The van der Waals surface area contributed by atoms with Crippen LogP contribution < -0.4 is 0 Å². The highest BCUT2D eigenvalue weighted by Gasteiger charge is 2.04. The van der Waals surface area contributed by atoms with E-state index >= 15 is 0 Å². The van der Waals surface area contributed by atoms with Crippen molar-refractivity contribution in [1.82, 2.24) is 5.06 Å². The fourth-order valence-corrected chi connectivity index (χ4v) is 2.46. The Bertz CT molecular complexity index is 261. The summed E-state index contributed by atoms with van der Waals surface area (Å²) in [6, 6.07) is 0. The van der Waals surface area contributed by atoms with Crippen molar-refractivity contribution in [1.29, 1.82) is 0 Å². The lowest BCUT2D eigenvalue weighted by atomic mass is 10.0. The third-order valence-corrected chi connectivity index (χ3v) is 3.86. The summed E-state index contributed by atoms with van der Waals surface area (Å²) in [5.74, 6) is -0.173. The van der Waals surface area contributed by atoms with Crippen LogP contribution in [0.3, 0.4) is 0 Å². The number of hydroxylamine groups is 2. The first-order valence-electron chi connectivity index (χ1n) is 9.13. The molecule has 0 saturated carbocycles. The molecule has 0 rings (SSSR count). The van der Waals surface area contributed by atoms with Crippen molar-refractivity contribution in [2.45, 2.75) is 96.8 Å². The van der Waals surface area contributed by atoms with Gasteiger partial charge in [0.15, 0.2) is 5.62 Å². The average molecular weight is 348 g/mol. The van der Waals surface area contributed by atoms with Gasteiger partial charge < -0.3 is 0 Å². The predicted octanol–water partition coefficient (Wildman–Crippen LogP) is 5.42. The normalized spacial score (nSPS) is 9.91. The molecule has 0 aliphatic heterocycles. The molecule has 0 radical (unpaired) electrons. The fraction of sp³-hybridized carbons (Fsp3) is 0.889. The van der Waals surface area contributed by atoms with Gasteiger partial charge in [-0.25, -0.2) is 5.06 Å². The standard InChI is InChI=1S/C17H35NO2.CH2OS/c1-3-4-5-6-7-8-9-10-11-12-13-14-15-16-17(19)18(2)20;2-1-3/h20H,3-16H2,1-2H3;1H,(H,2,3). The molecular formula is C18H37NO3S. The van der Waals surface area contributed by atoms with Crippen molar-refractivity contribution >= 4 is 24.2 Å². The first kappa shape index (κ1) is 24.7. The van der Waals surface area contributed by atoms with Gasteiger partial charge in [-0.05, 0) is 6.42 Å². The number of thiol groups is 1. The number of hydrogen-bond acceptors (Lipinski definition) is 3. The van der Waals surface area contributed by atoms with Crippen LogP contribution in [0.25, 0.3) is 0 Å². The number of carbonyl (C=O) groups is 2. The van der Waals surface area contributed by atoms with Gasteiger partial charge in [-0.3, -0.25) is 14.8 Å². The number of carbonyl (C=O) groups excluding carboxylic acids is 2. The summed E-state index contributed by atoms with van der Waals surface area (Å²) < 4.78 is 0. The second kappa shape index (κ2) is 21.4. The quantitative estimate of drug-likeness (QED) is 0.145. The van der Waals surface area contributed by atoms with Gasteiger partial charge in [-0.15, -0.1) is 12.6 Å². The van der Waals surface area contributed by atoms with Crippen molar-refractivity contribution in [2.24, 2.45) is 0 Å². The maximum absolute atomic E-state index is 11.1. The minimum atomic E-state index is -0.173. The third-order valence-electron chi connectivity index (χ3n) is 3.86. The van der Waals surface area contributed by atoms with Crippen LogP contribution in [0.4, 0.5) is 0 Å². The Kier molecular flexibility index (Phi) is 23.0. The zero-order valence-electron chi connectivity index (χ0n) is 15.1. The van der Waals surface area contributed by atoms with E-state index in [1.54, 1.807) is 0 Å². The van der Waals surface area contributed by atoms with E-state index in [0.717, 1.165) is 12.8 Å². The van der Waals surface area contributed by atoms with E-state index in [-0.39, 0.29) is 5.91 Å². The molecule has 5 heteroatoms. The summed E-state index contributed by atoms with van der Waals surface area (Å²) >= 11 is 3.11. The number of amides is 1. The zero-order chi connectivity index (χ0) is 17.8. The Morgan fingerprint density at radius 2 is 1.17 bits per heavy atom. The number of nitrogens with zero attached hydrogens (tertiary/aromatic N) is 1. The average Bonchev–Trinajstić information content (AvgIpc) is 2.52. The largest absolute Gasteiger partial charge is 0.291 e. The van der Waals surface area contributed by atoms with E-state index in [4.69, 9.17) is 10.0 Å². The topological polar surface area (TPSA) is 57.6 Å². The Hall–Kier alpha value is -0.550. The van der Waals surface area contributed by atoms with Crippen molar-refractivity contribution < 1.29 is 14.8 Å². The monoisotopic (exact) mass is 347 g/mol. The highest BCUT2D eigenvalue weighted by molar-refractivity contribution is 7.94. The van der Waals surface area contributed by atoms with Crippen molar-refractivity contribution in [3.63, 3.8) is 0 Å². The van der Waals surface area contributed by atoms with Gasteiger partial charge in [0.2, 0.25) is 5.91 Å². The molecule has 0 saturated heterocycles. The van der Waals surface area contributed by atoms with Crippen LogP contribution in [0, 0.1) is 0 Å². The van der Waals surface area contributed by atoms with Crippen molar-refractivity contribution in [2.75, 3.05) is 7.05 Å². The number of hydrogen-bond donors (Lipinski definition) is 2. The van der Waals surface area contributed by atoms with E-state index in [1.165, 1.54) is 77.7 Å². The maximum atomic E-state index is 11.1. The summed E-state index contributed by atoms with van der Waals surface area (Å²) in [6.07, 6.45) is 17.5. The van der Waals surface area contributed by atoms with E-state index in [0.29, 0.717) is 17.1 Å². The Morgan fingerprint density at radius 1 is 0.870 bits per heavy atom. The summed E-state index contributed by atoms with van der Waals surface area (Å²) in [4.78, 5) is 19.8. The SMILES string of the molecule is CCCCCCCCCCCCCCCC(=O)N(C)O.O=CS. The van der Waals surface area contributed by atoms with Gasteiger partial charge in [0.05, 0.1) is 0 Å². The molecule has 138 valence electrons. The smallest absolute Gasteiger partial charge is 0.245 e. The molecular weight excluding hydrogens is 310 g/mol. The minimum Gasteiger partial charge on any atom is -0.291 e. The molecule has 4 nitrogen and oxygen atoms in total. The molecule has 0 unspecified atom stereocenters. The summed E-state index contributed by atoms with van der Waals surface area (Å²) in [6.45, 7) is 2.26. The predicted molar refractivity (Wildman–Crippen MR) is 101 cm³/mol. The third kappa shape index (κ3) is 23.8. The van der Waals surface area contributed by atoms with Crippen LogP contribution in [0.1, 0.15) is 96.8 Å². The first-order valence-corrected chi connectivity index (χ1v) is 9.65. The summed E-state index contributed by atoms with van der Waals surface area (Å²) in [7, 11) is 1.39. The summed E-state index contributed by atoms with van der Waals surface area (Å²) in [5, 5.41) is 9.59. The first-order chi connectivity index (χ1) is 11.1. The van der Waals surface area contributed by atoms with Crippen LogP contribution in [0.15, 0.2) is 0 Å². The lowest BCUT2D eigenvalue weighted by Crippen LogP contribution is -2.21. The van der Waals surface area contributed by atoms with Crippen LogP contribution in [-0.2, 0) is 9.59 Å². The molecule has 0 spiro atoms. The highest BCUT2D eigenvalue weighted by atomic mass is 32.1. The van der Waals surface area contributed by atoms with Gasteiger partial charge in [0, 0.05) is 13.5 Å².